The number of hydrogen-bond acceptors (Lipinski definition) is 6. The van der Waals surface area contributed by atoms with Crippen molar-refractivity contribution in [3.63, 3.8) is 0 Å². The number of fused-ring (bicyclic) bond motifs is 2. The van der Waals surface area contributed by atoms with Crippen molar-refractivity contribution in [2.45, 2.75) is 29.1 Å². The first-order chi connectivity index (χ1) is 12.9. The van der Waals surface area contributed by atoms with E-state index in [-0.39, 0.29) is 10.8 Å². The SMILES string of the molecule is CS(=O)(=O)c1ccc2nc(NC(=O)CSc3ccc4c(c3)CCC4)sc2c1. The van der Waals surface area contributed by atoms with E-state index in [0.717, 1.165) is 22.4 Å². The van der Waals surface area contributed by atoms with Crippen molar-refractivity contribution >= 4 is 54.2 Å². The third-order valence-electron chi connectivity index (χ3n) is 4.47. The summed E-state index contributed by atoms with van der Waals surface area (Å²) in [5, 5.41) is 3.29. The standard InChI is InChI=1S/C19H18N2O3S3/c1-27(23,24)15-7-8-16-17(10-15)26-19(20-16)21-18(22)11-25-14-6-5-12-3-2-4-13(12)9-14/h5-10H,2-4,11H2,1H3,(H,20,21,22). The Hall–Kier alpha value is -1.90. The molecule has 27 heavy (non-hydrogen) atoms. The first-order valence-electron chi connectivity index (χ1n) is 8.53. The van der Waals surface area contributed by atoms with Gasteiger partial charge in [-0.05, 0) is 60.7 Å². The van der Waals surface area contributed by atoms with Crippen molar-refractivity contribution in [1.29, 1.82) is 0 Å². The molecule has 0 radical (unpaired) electrons. The van der Waals surface area contributed by atoms with E-state index in [1.165, 1.54) is 53.0 Å². The van der Waals surface area contributed by atoms with Gasteiger partial charge in [-0.3, -0.25) is 4.79 Å². The van der Waals surface area contributed by atoms with Crippen molar-refractivity contribution in [3.8, 4) is 0 Å². The molecule has 2 aromatic carbocycles. The summed E-state index contributed by atoms with van der Waals surface area (Å²) in [6, 6.07) is 11.2. The van der Waals surface area contributed by atoms with Gasteiger partial charge < -0.3 is 5.32 Å². The maximum absolute atomic E-state index is 12.3. The van der Waals surface area contributed by atoms with Crippen LogP contribution in [-0.2, 0) is 27.5 Å². The summed E-state index contributed by atoms with van der Waals surface area (Å²) < 4.78 is 24.1. The van der Waals surface area contributed by atoms with Crippen LogP contribution < -0.4 is 5.32 Å². The first kappa shape index (κ1) is 18.5. The Labute approximate surface area is 166 Å². The minimum absolute atomic E-state index is 0.122. The second-order valence-electron chi connectivity index (χ2n) is 6.54. The number of benzene rings is 2. The minimum Gasteiger partial charge on any atom is -0.301 e. The maximum Gasteiger partial charge on any atom is 0.236 e. The fourth-order valence-corrected chi connectivity index (χ4v) is 5.53. The van der Waals surface area contributed by atoms with Crippen LogP contribution >= 0.6 is 23.1 Å². The Kier molecular flexibility index (Phi) is 4.96. The Morgan fingerprint density at radius 2 is 2.00 bits per heavy atom. The number of amides is 1. The third kappa shape index (κ3) is 4.17. The van der Waals surface area contributed by atoms with Crippen molar-refractivity contribution < 1.29 is 13.2 Å². The van der Waals surface area contributed by atoms with E-state index < -0.39 is 9.84 Å². The Morgan fingerprint density at radius 3 is 2.81 bits per heavy atom. The van der Waals surface area contributed by atoms with Crippen molar-refractivity contribution in [3.05, 3.63) is 47.5 Å². The molecule has 0 atom stereocenters. The summed E-state index contributed by atoms with van der Waals surface area (Å²) in [5.74, 6) is 0.187. The van der Waals surface area contributed by atoms with Crippen LogP contribution in [0.2, 0.25) is 0 Å². The summed E-state index contributed by atoms with van der Waals surface area (Å²) in [6.07, 6.45) is 4.66. The maximum atomic E-state index is 12.3. The lowest BCUT2D eigenvalue weighted by molar-refractivity contribution is -0.113. The molecule has 8 heteroatoms. The predicted molar refractivity (Wildman–Crippen MR) is 111 cm³/mol. The first-order valence-corrected chi connectivity index (χ1v) is 12.2. The third-order valence-corrected chi connectivity index (χ3v) is 7.51. The molecule has 1 heterocycles. The highest BCUT2D eigenvalue weighted by molar-refractivity contribution is 8.00. The summed E-state index contributed by atoms with van der Waals surface area (Å²) >= 11 is 2.79. The Bertz CT molecular complexity index is 1140. The average molecular weight is 419 g/mol. The zero-order valence-electron chi connectivity index (χ0n) is 14.7. The number of aryl methyl sites for hydroxylation is 2. The number of hydrogen-bond donors (Lipinski definition) is 1. The van der Waals surface area contributed by atoms with Crippen LogP contribution in [0.5, 0.6) is 0 Å². The predicted octanol–water partition coefficient (Wildman–Crippen LogP) is 3.92. The molecule has 5 nitrogen and oxygen atoms in total. The van der Waals surface area contributed by atoms with E-state index >= 15 is 0 Å². The molecule has 1 aliphatic carbocycles. The van der Waals surface area contributed by atoms with Crippen LogP contribution in [0.15, 0.2) is 46.2 Å². The van der Waals surface area contributed by atoms with Crippen molar-refractivity contribution in [2.75, 3.05) is 17.3 Å². The lowest BCUT2D eigenvalue weighted by Crippen LogP contribution is -2.13. The lowest BCUT2D eigenvalue weighted by Gasteiger charge is -2.05. The largest absolute Gasteiger partial charge is 0.301 e. The van der Waals surface area contributed by atoms with Crippen molar-refractivity contribution in [2.24, 2.45) is 0 Å². The van der Waals surface area contributed by atoms with Gasteiger partial charge in [-0.25, -0.2) is 13.4 Å². The fourth-order valence-electron chi connectivity index (χ4n) is 3.13. The van der Waals surface area contributed by atoms with Gasteiger partial charge in [0.2, 0.25) is 5.91 Å². The normalized spacial score (nSPS) is 13.7. The number of nitrogens with one attached hydrogen (secondary N) is 1. The van der Waals surface area contributed by atoms with Crippen LogP contribution in [0, 0.1) is 0 Å². The lowest BCUT2D eigenvalue weighted by atomic mass is 10.1. The number of thiazole rings is 1. The highest BCUT2D eigenvalue weighted by Gasteiger charge is 2.14. The van der Waals surface area contributed by atoms with E-state index in [2.05, 4.69) is 28.5 Å². The molecular formula is C19H18N2O3S3. The van der Waals surface area contributed by atoms with Gasteiger partial charge in [0.15, 0.2) is 15.0 Å². The molecule has 4 rings (SSSR count). The molecule has 0 unspecified atom stereocenters. The van der Waals surface area contributed by atoms with Gasteiger partial charge in [0.05, 0.1) is 20.9 Å². The van der Waals surface area contributed by atoms with E-state index in [9.17, 15) is 13.2 Å². The number of anilines is 1. The smallest absolute Gasteiger partial charge is 0.236 e. The van der Waals surface area contributed by atoms with Gasteiger partial charge in [0, 0.05) is 11.2 Å². The van der Waals surface area contributed by atoms with Gasteiger partial charge in [0.25, 0.3) is 0 Å². The number of aromatic nitrogens is 1. The molecule has 0 aliphatic heterocycles. The molecule has 0 bridgehead atoms. The minimum atomic E-state index is -3.26. The Morgan fingerprint density at radius 1 is 1.19 bits per heavy atom. The summed E-state index contributed by atoms with van der Waals surface area (Å²) in [6.45, 7) is 0. The molecule has 140 valence electrons. The van der Waals surface area contributed by atoms with Gasteiger partial charge >= 0.3 is 0 Å². The molecular weight excluding hydrogens is 400 g/mol. The van der Waals surface area contributed by atoms with Gasteiger partial charge in [-0.1, -0.05) is 17.4 Å². The van der Waals surface area contributed by atoms with Crippen LogP contribution in [-0.4, -0.2) is 31.3 Å². The molecule has 1 aromatic heterocycles. The van der Waals surface area contributed by atoms with Gasteiger partial charge in [-0.15, -0.1) is 11.8 Å². The van der Waals surface area contributed by atoms with Crippen LogP contribution in [0.4, 0.5) is 5.13 Å². The summed E-state index contributed by atoms with van der Waals surface area (Å²) in [4.78, 5) is 18.0. The van der Waals surface area contributed by atoms with Crippen molar-refractivity contribution in [1.82, 2.24) is 4.98 Å². The average Bonchev–Trinajstić information content (AvgIpc) is 3.23. The number of carbonyl (C=O) groups excluding carboxylic acids is 1. The van der Waals surface area contributed by atoms with E-state index in [1.807, 2.05) is 0 Å². The number of nitrogens with zero attached hydrogens (tertiary/aromatic N) is 1. The number of sulfone groups is 1. The molecule has 0 spiro atoms. The summed E-state index contributed by atoms with van der Waals surface area (Å²) in [7, 11) is -3.26. The molecule has 1 N–H and O–H groups in total. The zero-order valence-corrected chi connectivity index (χ0v) is 17.1. The van der Waals surface area contributed by atoms with Gasteiger partial charge in [0.1, 0.15) is 0 Å². The zero-order chi connectivity index (χ0) is 19.0. The highest BCUT2D eigenvalue weighted by Crippen LogP contribution is 2.30. The fraction of sp³-hybridized carbons (Fsp3) is 0.263. The van der Waals surface area contributed by atoms with Crippen LogP contribution in [0.25, 0.3) is 10.2 Å². The second kappa shape index (κ2) is 7.26. The topological polar surface area (TPSA) is 76.1 Å². The molecule has 1 amide bonds. The molecule has 3 aromatic rings. The molecule has 0 saturated carbocycles. The van der Waals surface area contributed by atoms with Crippen LogP contribution in [0.1, 0.15) is 17.5 Å². The Balaban J connectivity index is 1.42. The molecule has 0 saturated heterocycles. The second-order valence-corrected chi connectivity index (χ2v) is 10.6. The number of carbonyl (C=O) groups is 1. The highest BCUT2D eigenvalue weighted by atomic mass is 32.2. The van der Waals surface area contributed by atoms with Gasteiger partial charge in [-0.2, -0.15) is 0 Å². The summed E-state index contributed by atoms with van der Waals surface area (Å²) in [5.41, 5.74) is 3.49. The van der Waals surface area contributed by atoms with Crippen LogP contribution in [0.3, 0.4) is 0 Å². The van der Waals surface area contributed by atoms with E-state index in [1.54, 1.807) is 12.1 Å². The molecule has 1 aliphatic rings. The number of rotatable bonds is 5. The quantitative estimate of drug-likeness (QED) is 0.636. The van der Waals surface area contributed by atoms with E-state index in [0.29, 0.717) is 16.4 Å². The number of thioether (sulfide) groups is 1. The monoisotopic (exact) mass is 418 g/mol. The molecule has 0 fully saturated rings. The van der Waals surface area contributed by atoms with E-state index in [4.69, 9.17) is 0 Å².